The van der Waals surface area contributed by atoms with Crippen LogP contribution in [0.4, 0.5) is 10.8 Å². The Balaban J connectivity index is 1.64. The molecule has 0 atom stereocenters. The Morgan fingerprint density at radius 1 is 0.968 bits per heavy atom. The zero-order valence-electron chi connectivity index (χ0n) is 16.1. The Bertz CT molecular complexity index is 1240. The van der Waals surface area contributed by atoms with Gasteiger partial charge in [0.15, 0.2) is 16.6 Å². The van der Waals surface area contributed by atoms with E-state index >= 15 is 0 Å². The second-order valence-corrected chi connectivity index (χ2v) is 7.83. The molecule has 154 valence electrons. The average Bonchev–Trinajstić information content (AvgIpc) is 3.18. The molecule has 1 amide bonds. The second kappa shape index (κ2) is 8.76. The van der Waals surface area contributed by atoms with Gasteiger partial charge in [0.05, 0.1) is 5.69 Å². The first-order valence-electron chi connectivity index (χ1n) is 9.34. The van der Waals surface area contributed by atoms with Crippen LogP contribution in [0.2, 0.25) is 0 Å². The summed E-state index contributed by atoms with van der Waals surface area (Å²) in [5, 5.41) is 25.2. The van der Waals surface area contributed by atoms with Gasteiger partial charge in [0, 0.05) is 22.4 Å². The molecule has 0 aliphatic rings. The van der Waals surface area contributed by atoms with Crippen LogP contribution in [0.5, 0.6) is 11.5 Å². The number of carbonyl (C=O) groups excluding carboxylic acids is 1. The third-order valence-corrected chi connectivity index (χ3v) is 5.58. The van der Waals surface area contributed by atoms with E-state index in [1.54, 1.807) is 12.1 Å². The van der Waals surface area contributed by atoms with E-state index in [-0.39, 0.29) is 17.1 Å². The summed E-state index contributed by atoms with van der Waals surface area (Å²) >= 11 is 1.35. The number of phenols is 2. The lowest BCUT2D eigenvalue weighted by atomic mass is 10.1. The molecular weight excluding hydrogens is 414 g/mol. The molecule has 0 saturated carbocycles. The van der Waals surface area contributed by atoms with E-state index in [0.29, 0.717) is 17.2 Å². The summed E-state index contributed by atoms with van der Waals surface area (Å²) in [6, 6.07) is 20.5. The maximum absolute atomic E-state index is 12.6. The first-order valence-corrected chi connectivity index (χ1v) is 10.2. The molecule has 4 aromatic rings. The number of nitrogens with one attached hydrogen (secondary N) is 1. The Kier molecular flexibility index (Phi) is 5.72. The number of nitrogens with zero attached hydrogens (tertiary/aromatic N) is 2. The Hall–Kier alpha value is -4.04. The molecule has 0 spiro atoms. The zero-order chi connectivity index (χ0) is 21.8. The van der Waals surface area contributed by atoms with Gasteiger partial charge in [0.2, 0.25) is 0 Å². The van der Waals surface area contributed by atoms with Crippen LogP contribution in [0.15, 0.2) is 78.0 Å². The largest absolute Gasteiger partial charge is 0.504 e. The smallest absolute Gasteiger partial charge is 0.257 e. The van der Waals surface area contributed by atoms with E-state index in [4.69, 9.17) is 0 Å². The summed E-state index contributed by atoms with van der Waals surface area (Å²) in [4.78, 5) is 28.8. The number of aromatic hydroxyl groups is 2. The number of hydrogen-bond donors (Lipinski definition) is 3. The fourth-order valence-electron chi connectivity index (χ4n) is 3.04. The van der Waals surface area contributed by atoms with Gasteiger partial charge in [0.25, 0.3) is 5.91 Å². The summed E-state index contributed by atoms with van der Waals surface area (Å²) < 4.78 is 0. The Labute approximate surface area is 181 Å². The normalized spacial score (nSPS) is 10.6. The van der Waals surface area contributed by atoms with Crippen LogP contribution < -0.4 is 5.32 Å². The summed E-state index contributed by atoms with van der Waals surface area (Å²) in [6.07, 6.45) is 0.566. The van der Waals surface area contributed by atoms with Crippen LogP contribution >= 0.6 is 11.3 Å². The van der Waals surface area contributed by atoms with Crippen LogP contribution in [0, 0.1) is 4.91 Å². The molecule has 4 rings (SSSR count). The molecule has 3 N–H and O–H groups in total. The minimum Gasteiger partial charge on any atom is -0.504 e. The lowest BCUT2D eigenvalue weighted by molar-refractivity contribution is 0.102. The lowest BCUT2D eigenvalue weighted by Gasteiger charge is -2.03. The predicted octanol–water partition coefficient (Wildman–Crippen LogP) is 5.46. The maximum Gasteiger partial charge on any atom is 0.257 e. The van der Waals surface area contributed by atoms with Gasteiger partial charge < -0.3 is 10.2 Å². The van der Waals surface area contributed by atoms with Crippen LogP contribution in [0.1, 0.15) is 20.8 Å². The number of hydrogen-bond acceptors (Lipinski definition) is 7. The highest BCUT2D eigenvalue weighted by Crippen LogP contribution is 2.34. The SMILES string of the molecule is O=Nc1ccc(Cc2sc(NC(=O)c3ccc(O)c(O)c3)nc2-c2ccccc2)cc1. The van der Waals surface area contributed by atoms with Crippen molar-refractivity contribution in [3.63, 3.8) is 0 Å². The standard InChI is InChI=1S/C23H17N3O4S/c27-18-11-8-16(13-19(18)28)22(29)25-23-24-21(15-4-2-1-3-5-15)20(31-23)12-14-6-9-17(26-30)10-7-14/h1-11,13,27-28H,12H2,(H,24,25,29). The van der Waals surface area contributed by atoms with Crippen molar-refractivity contribution in [2.45, 2.75) is 6.42 Å². The van der Waals surface area contributed by atoms with Gasteiger partial charge >= 0.3 is 0 Å². The van der Waals surface area contributed by atoms with Crippen LogP contribution in [-0.4, -0.2) is 21.1 Å². The summed E-state index contributed by atoms with van der Waals surface area (Å²) in [6.45, 7) is 0. The van der Waals surface area contributed by atoms with Gasteiger partial charge in [-0.3, -0.25) is 10.1 Å². The van der Waals surface area contributed by atoms with Crippen molar-refractivity contribution in [3.05, 3.63) is 93.7 Å². The lowest BCUT2D eigenvalue weighted by Crippen LogP contribution is -2.11. The van der Waals surface area contributed by atoms with Crippen molar-refractivity contribution in [2.24, 2.45) is 5.18 Å². The van der Waals surface area contributed by atoms with Gasteiger partial charge in [-0.1, -0.05) is 42.5 Å². The van der Waals surface area contributed by atoms with Crippen molar-refractivity contribution in [2.75, 3.05) is 5.32 Å². The molecule has 7 nitrogen and oxygen atoms in total. The van der Waals surface area contributed by atoms with Gasteiger partial charge in [-0.15, -0.1) is 16.2 Å². The van der Waals surface area contributed by atoms with Gasteiger partial charge in [-0.2, -0.15) is 0 Å². The topological polar surface area (TPSA) is 112 Å². The molecule has 31 heavy (non-hydrogen) atoms. The number of phenolic OH excluding ortho intramolecular Hbond substituents is 2. The van der Waals surface area contributed by atoms with Crippen molar-refractivity contribution < 1.29 is 15.0 Å². The molecule has 0 saturated heterocycles. The predicted molar refractivity (Wildman–Crippen MR) is 120 cm³/mol. The maximum atomic E-state index is 12.6. The number of anilines is 1. The molecule has 0 aliphatic heterocycles. The number of benzene rings is 3. The number of thiazole rings is 1. The Morgan fingerprint density at radius 2 is 1.71 bits per heavy atom. The van der Waals surface area contributed by atoms with Crippen molar-refractivity contribution in [1.29, 1.82) is 0 Å². The van der Waals surface area contributed by atoms with Gasteiger partial charge in [-0.05, 0) is 41.1 Å². The summed E-state index contributed by atoms with van der Waals surface area (Å²) in [5.74, 6) is -1.11. The molecule has 8 heteroatoms. The molecule has 1 aromatic heterocycles. The second-order valence-electron chi connectivity index (χ2n) is 6.75. The molecule has 0 unspecified atom stereocenters. The quantitative estimate of drug-likeness (QED) is 0.277. The zero-order valence-corrected chi connectivity index (χ0v) is 17.0. The van der Waals surface area contributed by atoms with Crippen LogP contribution in [0.3, 0.4) is 0 Å². The van der Waals surface area contributed by atoms with Crippen molar-refractivity contribution >= 4 is 28.1 Å². The monoisotopic (exact) mass is 431 g/mol. The number of carbonyl (C=O) groups is 1. The summed E-state index contributed by atoms with van der Waals surface area (Å²) in [7, 11) is 0. The van der Waals surface area contributed by atoms with E-state index in [0.717, 1.165) is 21.7 Å². The molecule has 0 bridgehead atoms. The number of rotatable bonds is 6. The van der Waals surface area contributed by atoms with E-state index in [1.165, 1.54) is 29.5 Å². The van der Waals surface area contributed by atoms with Gasteiger partial charge in [-0.25, -0.2) is 4.98 Å². The third-order valence-electron chi connectivity index (χ3n) is 4.61. The molecular formula is C23H17N3O4S. The van der Waals surface area contributed by atoms with Crippen molar-refractivity contribution in [3.8, 4) is 22.8 Å². The van der Waals surface area contributed by atoms with Crippen molar-refractivity contribution in [1.82, 2.24) is 4.98 Å². The highest BCUT2D eigenvalue weighted by Gasteiger charge is 2.17. The molecule has 0 fully saturated rings. The minimum atomic E-state index is -0.448. The van der Waals surface area contributed by atoms with E-state index in [2.05, 4.69) is 15.5 Å². The number of nitroso groups, excluding NO2 is 1. The van der Waals surface area contributed by atoms with Gasteiger partial charge in [0.1, 0.15) is 5.69 Å². The molecule has 3 aromatic carbocycles. The van der Waals surface area contributed by atoms with E-state index in [9.17, 15) is 19.9 Å². The fraction of sp³-hybridized carbons (Fsp3) is 0.0435. The van der Waals surface area contributed by atoms with E-state index in [1.807, 2.05) is 42.5 Å². The first-order chi connectivity index (χ1) is 15.0. The van der Waals surface area contributed by atoms with Crippen LogP contribution in [-0.2, 0) is 6.42 Å². The average molecular weight is 431 g/mol. The Morgan fingerprint density at radius 3 is 2.39 bits per heavy atom. The number of amides is 1. The summed E-state index contributed by atoms with van der Waals surface area (Å²) in [5.41, 5.74) is 3.22. The first kappa shape index (κ1) is 20.2. The molecule has 0 aliphatic carbocycles. The minimum absolute atomic E-state index is 0.199. The van der Waals surface area contributed by atoms with E-state index < -0.39 is 5.91 Å². The third kappa shape index (κ3) is 4.59. The highest BCUT2D eigenvalue weighted by atomic mass is 32.1. The number of aromatic nitrogens is 1. The molecule has 1 heterocycles. The highest BCUT2D eigenvalue weighted by molar-refractivity contribution is 7.16. The molecule has 0 radical (unpaired) electrons. The van der Waals surface area contributed by atoms with Crippen LogP contribution in [0.25, 0.3) is 11.3 Å². The fourth-order valence-corrected chi connectivity index (χ4v) is 4.05.